The maximum Gasteiger partial charge on any atom is 0.228 e. The fourth-order valence-corrected chi connectivity index (χ4v) is 0.973. The van der Waals surface area contributed by atoms with E-state index < -0.39 is 5.82 Å². The Balaban J connectivity index is 2.15. The number of halogens is 1. The van der Waals surface area contributed by atoms with Gasteiger partial charge in [-0.3, -0.25) is 4.68 Å². The van der Waals surface area contributed by atoms with E-state index >= 15 is 0 Å². The molecule has 14 heavy (non-hydrogen) atoms. The quantitative estimate of drug-likeness (QED) is 0.775. The number of anilines is 2. The van der Waals surface area contributed by atoms with E-state index in [0.29, 0.717) is 11.8 Å². The first-order valence-corrected chi connectivity index (χ1v) is 3.98. The molecule has 0 spiro atoms. The third kappa shape index (κ3) is 1.85. The summed E-state index contributed by atoms with van der Waals surface area (Å²) in [5.41, 5.74) is 0. The highest BCUT2D eigenvalue weighted by atomic mass is 19.1. The molecule has 5 nitrogen and oxygen atoms in total. The highest BCUT2D eigenvalue weighted by Crippen LogP contribution is 2.07. The zero-order chi connectivity index (χ0) is 9.97. The predicted octanol–water partition coefficient (Wildman–Crippen LogP) is 1.09. The second kappa shape index (κ2) is 3.41. The van der Waals surface area contributed by atoms with Gasteiger partial charge in [-0.15, -0.1) is 0 Å². The van der Waals surface area contributed by atoms with Gasteiger partial charge in [0, 0.05) is 19.3 Å². The molecule has 0 saturated heterocycles. The molecule has 2 aromatic heterocycles. The summed E-state index contributed by atoms with van der Waals surface area (Å²) in [5.74, 6) is 0.487. The van der Waals surface area contributed by atoms with Gasteiger partial charge in [0.05, 0.1) is 12.4 Å². The molecule has 0 fully saturated rings. The Bertz CT molecular complexity index is 422. The van der Waals surface area contributed by atoms with Crippen molar-refractivity contribution >= 4 is 11.8 Å². The number of rotatable bonds is 2. The Morgan fingerprint density at radius 3 is 2.64 bits per heavy atom. The van der Waals surface area contributed by atoms with Gasteiger partial charge in [-0.25, -0.2) is 14.4 Å². The molecule has 0 aliphatic heterocycles. The van der Waals surface area contributed by atoms with E-state index in [0.717, 1.165) is 12.4 Å². The van der Waals surface area contributed by atoms with Crippen molar-refractivity contribution in [1.29, 1.82) is 0 Å². The summed E-state index contributed by atoms with van der Waals surface area (Å²) in [6, 6.07) is 1.77. The van der Waals surface area contributed by atoms with Crippen LogP contribution < -0.4 is 5.32 Å². The van der Waals surface area contributed by atoms with Crippen molar-refractivity contribution in [1.82, 2.24) is 19.7 Å². The van der Waals surface area contributed by atoms with Crippen LogP contribution in [0.3, 0.4) is 0 Å². The van der Waals surface area contributed by atoms with Crippen molar-refractivity contribution in [3.05, 3.63) is 30.5 Å². The lowest BCUT2D eigenvalue weighted by Gasteiger charge is -1.98. The van der Waals surface area contributed by atoms with Crippen LogP contribution in [0.25, 0.3) is 0 Å². The van der Waals surface area contributed by atoms with Gasteiger partial charge in [0.15, 0.2) is 11.6 Å². The van der Waals surface area contributed by atoms with Crippen molar-refractivity contribution in [2.75, 3.05) is 5.32 Å². The first-order valence-electron chi connectivity index (χ1n) is 3.98. The third-order valence-corrected chi connectivity index (χ3v) is 1.57. The Morgan fingerprint density at radius 1 is 1.36 bits per heavy atom. The van der Waals surface area contributed by atoms with Crippen molar-refractivity contribution < 1.29 is 4.39 Å². The summed E-state index contributed by atoms with van der Waals surface area (Å²) in [6.07, 6.45) is 3.97. The molecule has 0 unspecified atom stereocenters. The van der Waals surface area contributed by atoms with E-state index in [1.54, 1.807) is 24.0 Å². The molecule has 2 aromatic rings. The van der Waals surface area contributed by atoms with Gasteiger partial charge in [0.1, 0.15) is 0 Å². The minimum atomic E-state index is -0.462. The van der Waals surface area contributed by atoms with Crippen LogP contribution in [0.1, 0.15) is 0 Å². The van der Waals surface area contributed by atoms with E-state index in [4.69, 9.17) is 0 Å². The van der Waals surface area contributed by atoms with Crippen LogP contribution in [0.4, 0.5) is 16.2 Å². The van der Waals surface area contributed by atoms with Gasteiger partial charge in [-0.1, -0.05) is 0 Å². The second-order valence-corrected chi connectivity index (χ2v) is 2.72. The lowest BCUT2D eigenvalue weighted by molar-refractivity contribution is 0.614. The molecule has 0 atom stereocenters. The van der Waals surface area contributed by atoms with E-state index in [1.807, 2.05) is 0 Å². The lowest BCUT2D eigenvalue weighted by Crippen LogP contribution is -1.98. The average Bonchev–Trinajstić information content (AvgIpc) is 2.56. The zero-order valence-corrected chi connectivity index (χ0v) is 7.48. The molecule has 0 aliphatic rings. The van der Waals surface area contributed by atoms with Crippen LogP contribution >= 0.6 is 0 Å². The first kappa shape index (κ1) is 8.61. The van der Waals surface area contributed by atoms with Crippen molar-refractivity contribution in [2.24, 2.45) is 7.05 Å². The minimum Gasteiger partial charge on any atom is -0.307 e. The number of hydrogen-bond acceptors (Lipinski definition) is 4. The summed E-state index contributed by atoms with van der Waals surface area (Å²) in [7, 11) is 1.80. The van der Waals surface area contributed by atoms with Crippen LogP contribution in [-0.2, 0) is 7.05 Å². The smallest absolute Gasteiger partial charge is 0.228 e. The number of aromatic nitrogens is 4. The van der Waals surface area contributed by atoms with Crippen LogP contribution in [0.2, 0.25) is 0 Å². The standard InChI is InChI=1S/C8H8FN5/c1-14-3-2-7(13-14)12-8-10-4-6(9)5-11-8/h2-5H,1H3,(H,10,11,12,13). The van der Waals surface area contributed by atoms with Crippen LogP contribution in [0.15, 0.2) is 24.7 Å². The van der Waals surface area contributed by atoms with E-state index in [-0.39, 0.29) is 0 Å². The summed E-state index contributed by atoms with van der Waals surface area (Å²) < 4.78 is 14.1. The molecule has 2 heterocycles. The highest BCUT2D eigenvalue weighted by Gasteiger charge is 1.99. The van der Waals surface area contributed by atoms with E-state index in [1.165, 1.54) is 0 Å². The molecule has 0 aliphatic carbocycles. The van der Waals surface area contributed by atoms with Crippen molar-refractivity contribution in [3.8, 4) is 0 Å². The summed E-state index contributed by atoms with van der Waals surface area (Å²) in [4.78, 5) is 7.47. The number of aryl methyl sites for hydroxylation is 1. The topological polar surface area (TPSA) is 55.6 Å². The van der Waals surface area contributed by atoms with Crippen molar-refractivity contribution in [3.63, 3.8) is 0 Å². The molecule has 6 heteroatoms. The lowest BCUT2D eigenvalue weighted by atomic mass is 10.6. The third-order valence-electron chi connectivity index (χ3n) is 1.57. The van der Waals surface area contributed by atoms with E-state index in [2.05, 4.69) is 20.4 Å². The fraction of sp³-hybridized carbons (Fsp3) is 0.125. The molecule has 0 radical (unpaired) electrons. The molecule has 2 rings (SSSR count). The van der Waals surface area contributed by atoms with Crippen molar-refractivity contribution in [2.45, 2.75) is 0 Å². The Kier molecular flexibility index (Phi) is 2.10. The van der Waals surface area contributed by atoms with Gasteiger partial charge in [-0.2, -0.15) is 5.10 Å². The largest absolute Gasteiger partial charge is 0.307 e. The first-order chi connectivity index (χ1) is 6.74. The summed E-state index contributed by atoms with van der Waals surface area (Å²) in [5, 5.41) is 6.89. The monoisotopic (exact) mass is 193 g/mol. The van der Waals surface area contributed by atoms with E-state index in [9.17, 15) is 4.39 Å². The maximum absolute atomic E-state index is 12.5. The summed E-state index contributed by atoms with van der Waals surface area (Å²) >= 11 is 0. The second-order valence-electron chi connectivity index (χ2n) is 2.72. The Morgan fingerprint density at radius 2 is 2.07 bits per heavy atom. The SMILES string of the molecule is Cn1ccc(Nc2ncc(F)cn2)n1. The molecule has 0 amide bonds. The van der Waals surface area contributed by atoms with Gasteiger partial charge >= 0.3 is 0 Å². The molecule has 0 saturated carbocycles. The zero-order valence-electron chi connectivity index (χ0n) is 7.48. The van der Waals surface area contributed by atoms with Gasteiger partial charge in [-0.05, 0) is 0 Å². The molecular formula is C8H8FN5. The molecular weight excluding hydrogens is 185 g/mol. The minimum absolute atomic E-state index is 0.324. The van der Waals surface area contributed by atoms with Crippen LogP contribution in [-0.4, -0.2) is 19.7 Å². The molecule has 0 aromatic carbocycles. The number of nitrogens with zero attached hydrogens (tertiary/aromatic N) is 4. The predicted molar refractivity (Wildman–Crippen MR) is 48.5 cm³/mol. The average molecular weight is 193 g/mol. The maximum atomic E-state index is 12.5. The summed E-state index contributed by atoms with van der Waals surface area (Å²) in [6.45, 7) is 0. The van der Waals surface area contributed by atoms with Crippen LogP contribution in [0, 0.1) is 5.82 Å². The number of hydrogen-bond donors (Lipinski definition) is 1. The number of nitrogens with one attached hydrogen (secondary N) is 1. The van der Waals surface area contributed by atoms with Gasteiger partial charge in [0.25, 0.3) is 0 Å². The Hall–Kier alpha value is -1.98. The highest BCUT2D eigenvalue weighted by molar-refractivity contribution is 5.45. The van der Waals surface area contributed by atoms with Gasteiger partial charge in [0.2, 0.25) is 5.95 Å². The molecule has 72 valence electrons. The molecule has 0 bridgehead atoms. The normalized spacial score (nSPS) is 10.1. The van der Waals surface area contributed by atoms with Gasteiger partial charge < -0.3 is 5.32 Å². The Labute approximate surface area is 79.6 Å². The fourth-order valence-electron chi connectivity index (χ4n) is 0.973. The van der Waals surface area contributed by atoms with Crippen LogP contribution in [0.5, 0.6) is 0 Å². The molecule has 1 N–H and O–H groups in total.